The molecule has 10 heteroatoms. The van der Waals surface area contributed by atoms with Crippen LogP contribution in [0.4, 0.5) is 10.5 Å². The minimum Gasteiger partial charge on any atom is -0.353 e. The molecule has 2 amide bonds. The lowest BCUT2D eigenvalue weighted by atomic mass is 10.2. The number of amides is 2. The molecular weight excluding hydrogens is 481 g/mol. The van der Waals surface area contributed by atoms with E-state index in [1.165, 1.54) is 0 Å². The fourth-order valence-electron chi connectivity index (χ4n) is 2.62. The molecule has 1 saturated heterocycles. The summed E-state index contributed by atoms with van der Waals surface area (Å²) in [6.07, 6.45) is 0.599. The van der Waals surface area contributed by atoms with Crippen molar-refractivity contribution in [3.63, 3.8) is 0 Å². The molecular formula is C17H28IN5O3S. The smallest absolute Gasteiger partial charge is 0.319 e. The zero-order valence-electron chi connectivity index (χ0n) is 15.8. The van der Waals surface area contributed by atoms with Gasteiger partial charge >= 0.3 is 6.03 Å². The van der Waals surface area contributed by atoms with Gasteiger partial charge in [-0.3, -0.25) is 4.99 Å². The van der Waals surface area contributed by atoms with Crippen LogP contribution in [0.25, 0.3) is 0 Å². The Hall–Kier alpha value is -1.56. The molecule has 0 saturated carbocycles. The van der Waals surface area contributed by atoms with E-state index in [1.54, 1.807) is 7.05 Å². The van der Waals surface area contributed by atoms with Gasteiger partial charge in [-0.1, -0.05) is 12.1 Å². The summed E-state index contributed by atoms with van der Waals surface area (Å²) in [5, 5.41) is 11.8. The number of hydrogen-bond acceptors (Lipinski definition) is 4. The normalized spacial score (nSPS) is 18.5. The quantitative estimate of drug-likeness (QED) is 0.274. The maximum atomic E-state index is 11.7. The number of benzene rings is 1. The number of carbonyl (C=O) groups is 1. The molecule has 8 nitrogen and oxygen atoms in total. The molecule has 1 aromatic carbocycles. The van der Waals surface area contributed by atoms with Crippen molar-refractivity contribution in [2.24, 2.45) is 4.99 Å². The van der Waals surface area contributed by atoms with Crippen molar-refractivity contribution in [2.45, 2.75) is 38.9 Å². The molecule has 0 radical (unpaired) electrons. The number of carbonyl (C=O) groups excluding carboxylic acids is 1. The first-order valence-electron chi connectivity index (χ1n) is 8.61. The summed E-state index contributed by atoms with van der Waals surface area (Å²) in [5.74, 6) is 0.943. The Balaban J connectivity index is 0.00000364. The molecule has 0 bridgehead atoms. The van der Waals surface area contributed by atoms with E-state index < -0.39 is 9.84 Å². The van der Waals surface area contributed by atoms with Crippen molar-refractivity contribution in [2.75, 3.05) is 23.9 Å². The van der Waals surface area contributed by atoms with Gasteiger partial charge in [-0.05, 0) is 38.0 Å². The zero-order valence-corrected chi connectivity index (χ0v) is 18.9. The van der Waals surface area contributed by atoms with Gasteiger partial charge in [0, 0.05) is 31.4 Å². The molecule has 1 atom stereocenters. The van der Waals surface area contributed by atoms with Crippen LogP contribution in [0.2, 0.25) is 0 Å². The van der Waals surface area contributed by atoms with Gasteiger partial charge in [-0.2, -0.15) is 0 Å². The second-order valence-corrected chi connectivity index (χ2v) is 8.85. The first kappa shape index (κ1) is 23.5. The standard InChI is InChI=1S/C17H27N5O3S.HI/c1-12(2)20-17(23)22-14-6-4-13(5-7-14)10-19-16(18-3)21-15-8-9-26(24,25)11-15;/h4-7,12,15H,8-11H2,1-3H3,(H2,18,19,21)(H2,20,22,23);1H. The summed E-state index contributed by atoms with van der Waals surface area (Å²) < 4.78 is 23.0. The number of halogens is 1. The molecule has 0 spiro atoms. The molecule has 0 aliphatic carbocycles. The minimum absolute atomic E-state index is 0. The molecule has 1 unspecified atom stereocenters. The van der Waals surface area contributed by atoms with E-state index in [2.05, 4.69) is 26.3 Å². The van der Waals surface area contributed by atoms with Gasteiger partial charge in [0.25, 0.3) is 0 Å². The number of sulfone groups is 1. The largest absolute Gasteiger partial charge is 0.353 e. The van der Waals surface area contributed by atoms with Gasteiger partial charge in [0.2, 0.25) is 0 Å². The molecule has 1 aromatic rings. The highest BCUT2D eigenvalue weighted by molar-refractivity contribution is 14.0. The van der Waals surface area contributed by atoms with Crippen molar-refractivity contribution in [3.05, 3.63) is 29.8 Å². The highest BCUT2D eigenvalue weighted by atomic mass is 127. The number of anilines is 1. The molecule has 1 fully saturated rings. The molecule has 27 heavy (non-hydrogen) atoms. The van der Waals surface area contributed by atoms with E-state index >= 15 is 0 Å². The lowest BCUT2D eigenvalue weighted by Crippen LogP contribution is -2.43. The number of nitrogens with zero attached hydrogens (tertiary/aromatic N) is 1. The number of urea groups is 1. The SMILES string of the molecule is CN=C(NCc1ccc(NC(=O)NC(C)C)cc1)NC1CCS(=O)(=O)C1.I. The van der Waals surface area contributed by atoms with Crippen LogP contribution in [0.5, 0.6) is 0 Å². The molecule has 152 valence electrons. The minimum atomic E-state index is -2.92. The summed E-state index contributed by atoms with van der Waals surface area (Å²) in [5.41, 5.74) is 1.73. The fraction of sp³-hybridized carbons (Fsp3) is 0.529. The molecule has 0 aromatic heterocycles. The Morgan fingerprint density at radius 2 is 1.93 bits per heavy atom. The van der Waals surface area contributed by atoms with Crippen molar-refractivity contribution in [1.29, 1.82) is 0 Å². The second kappa shape index (κ2) is 10.7. The van der Waals surface area contributed by atoms with Gasteiger partial charge in [-0.15, -0.1) is 24.0 Å². The lowest BCUT2D eigenvalue weighted by Gasteiger charge is -2.16. The molecule has 1 heterocycles. The van der Waals surface area contributed by atoms with E-state index in [0.29, 0.717) is 24.6 Å². The van der Waals surface area contributed by atoms with Crippen LogP contribution in [0, 0.1) is 0 Å². The third-order valence-electron chi connectivity index (χ3n) is 3.89. The average molecular weight is 509 g/mol. The van der Waals surface area contributed by atoms with Crippen LogP contribution < -0.4 is 21.3 Å². The predicted octanol–water partition coefficient (Wildman–Crippen LogP) is 1.69. The first-order chi connectivity index (χ1) is 12.3. The van der Waals surface area contributed by atoms with Gasteiger partial charge in [-0.25, -0.2) is 13.2 Å². The summed E-state index contributed by atoms with van der Waals surface area (Å²) in [4.78, 5) is 15.8. The maximum absolute atomic E-state index is 11.7. The van der Waals surface area contributed by atoms with Crippen LogP contribution in [-0.2, 0) is 16.4 Å². The van der Waals surface area contributed by atoms with Crippen LogP contribution >= 0.6 is 24.0 Å². The Morgan fingerprint density at radius 1 is 1.26 bits per heavy atom. The Kier molecular flexibility index (Phi) is 9.30. The van der Waals surface area contributed by atoms with Crippen molar-refractivity contribution < 1.29 is 13.2 Å². The van der Waals surface area contributed by atoms with Gasteiger partial charge in [0.15, 0.2) is 15.8 Å². The lowest BCUT2D eigenvalue weighted by molar-refractivity contribution is 0.250. The zero-order chi connectivity index (χ0) is 19.2. The Bertz CT molecular complexity index is 750. The average Bonchev–Trinajstić information content (AvgIpc) is 2.90. The van der Waals surface area contributed by atoms with Gasteiger partial charge in [0.1, 0.15) is 0 Å². The molecule has 2 rings (SSSR count). The number of aliphatic imine (C=N–C) groups is 1. The number of hydrogen-bond donors (Lipinski definition) is 4. The summed E-state index contributed by atoms with van der Waals surface area (Å²) in [6.45, 7) is 4.34. The van der Waals surface area contributed by atoms with E-state index in [4.69, 9.17) is 0 Å². The van der Waals surface area contributed by atoms with Crippen molar-refractivity contribution in [3.8, 4) is 0 Å². The molecule has 1 aliphatic heterocycles. The molecule has 4 N–H and O–H groups in total. The van der Waals surface area contributed by atoms with Crippen molar-refractivity contribution in [1.82, 2.24) is 16.0 Å². The third kappa shape index (κ3) is 8.33. The third-order valence-corrected chi connectivity index (χ3v) is 5.66. The highest BCUT2D eigenvalue weighted by Gasteiger charge is 2.28. The maximum Gasteiger partial charge on any atom is 0.319 e. The number of nitrogens with one attached hydrogen (secondary N) is 4. The number of guanidine groups is 1. The van der Waals surface area contributed by atoms with Crippen LogP contribution in [0.15, 0.2) is 29.3 Å². The van der Waals surface area contributed by atoms with Gasteiger partial charge in [0.05, 0.1) is 11.5 Å². The van der Waals surface area contributed by atoms with E-state index in [0.717, 1.165) is 5.56 Å². The van der Waals surface area contributed by atoms with Crippen LogP contribution in [0.1, 0.15) is 25.8 Å². The van der Waals surface area contributed by atoms with Crippen molar-refractivity contribution >= 4 is 51.5 Å². The highest BCUT2D eigenvalue weighted by Crippen LogP contribution is 2.11. The molecule has 1 aliphatic rings. The van der Waals surface area contributed by atoms with E-state index in [9.17, 15) is 13.2 Å². The summed E-state index contributed by atoms with van der Waals surface area (Å²) in [7, 11) is -1.27. The number of rotatable bonds is 5. The fourth-order valence-corrected chi connectivity index (χ4v) is 4.29. The van der Waals surface area contributed by atoms with Crippen LogP contribution in [-0.4, -0.2) is 51.0 Å². The van der Waals surface area contributed by atoms with E-state index in [1.807, 2.05) is 38.1 Å². The summed E-state index contributed by atoms with van der Waals surface area (Å²) >= 11 is 0. The second-order valence-electron chi connectivity index (χ2n) is 6.62. The Labute approximate surface area is 177 Å². The van der Waals surface area contributed by atoms with Crippen LogP contribution in [0.3, 0.4) is 0 Å². The topological polar surface area (TPSA) is 112 Å². The van der Waals surface area contributed by atoms with E-state index in [-0.39, 0.29) is 53.6 Å². The first-order valence-corrected chi connectivity index (χ1v) is 10.4. The van der Waals surface area contributed by atoms with Gasteiger partial charge < -0.3 is 21.3 Å². The Morgan fingerprint density at radius 3 is 2.44 bits per heavy atom. The monoisotopic (exact) mass is 509 g/mol. The summed E-state index contributed by atoms with van der Waals surface area (Å²) in [6, 6.07) is 7.22. The predicted molar refractivity (Wildman–Crippen MR) is 120 cm³/mol.